The number of rotatable bonds is 1. The molecule has 15 heavy (non-hydrogen) atoms. The second-order valence-electron chi connectivity index (χ2n) is 3.73. The maximum Gasteiger partial charge on any atom is 0.151 e. The van der Waals surface area contributed by atoms with Crippen LogP contribution in [0.5, 0.6) is 0 Å². The van der Waals surface area contributed by atoms with Crippen LogP contribution in [0, 0.1) is 0 Å². The van der Waals surface area contributed by atoms with Gasteiger partial charge in [-0.25, -0.2) is 0 Å². The average molecular weight is 192 g/mol. The monoisotopic (exact) mass is 192 g/mol. The number of hydrogen-bond acceptors (Lipinski definition) is 0. The SMILES string of the molecule is C[B]c1cccc2c1[nH]c1ccccc12. The zero-order valence-electron chi connectivity index (χ0n) is 8.62. The lowest BCUT2D eigenvalue weighted by Gasteiger charge is -1.97. The van der Waals surface area contributed by atoms with Crippen molar-refractivity contribution in [2.24, 2.45) is 0 Å². The summed E-state index contributed by atoms with van der Waals surface area (Å²) in [5.74, 6) is 0. The van der Waals surface area contributed by atoms with Crippen LogP contribution in [0.3, 0.4) is 0 Å². The Labute approximate surface area is 89.4 Å². The maximum absolute atomic E-state index is 3.47. The highest BCUT2D eigenvalue weighted by Crippen LogP contribution is 2.23. The minimum atomic E-state index is 1.21. The van der Waals surface area contributed by atoms with Gasteiger partial charge in [0.15, 0.2) is 7.28 Å². The second-order valence-corrected chi connectivity index (χ2v) is 3.73. The van der Waals surface area contributed by atoms with Crippen LogP contribution in [0.2, 0.25) is 6.82 Å². The minimum absolute atomic E-state index is 1.21. The van der Waals surface area contributed by atoms with Crippen LogP contribution in [-0.4, -0.2) is 12.3 Å². The molecule has 1 nitrogen and oxygen atoms in total. The van der Waals surface area contributed by atoms with E-state index in [-0.39, 0.29) is 0 Å². The Morgan fingerprint density at radius 1 is 0.933 bits per heavy atom. The van der Waals surface area contributed by atoms with Gasteiger partial charge in [-0.2, -0.15) is 0 Å². The van der Waals surface area contributed by atoms with E-state index in [2.05, 4.69) is 61.6 Å². The van der Waals surface area contributed by atoms with Crippen molar-refractivity contribution < 1.29 is 0 Å². The Bertz CT molecular complexity index is 625. The van der Waals surface area contributed by atoms with Crippen LogP contribution in [0.15, 0.2) is 42.5 Å². The summed E-state index contributed by atoms with van der Waals surface area (Å²) < 4.78 is 0. The first-order valence-electron chi connectivity index (χ1n) is 5.19. The number of nitrogens with one attached hydrogen (secondary N) is 1. The van der Waals surface area contributed by atoms with E-state index in [1.807, 2.05) is 0 Å². The predicted octanol–water partition coefficient (Wildman–Crippen LogP) is 2.70. The highest BCUT2D eigenvalue weighted by molar-refractivity contribution is 6.55. The third-order valence-corrected chi connectivity index (χ3v) is 2.88. The summed E-state index contributed by atoms with van der Waals surface area (Å²) in [7, 11) is 2.14. The van der Waals surface area contributed by atoms with Crippen molar-refractivity contribution in [1.82, 2.24) is 4.98 Å². The van der Waals surface area contributed by atoms with E-state index in [1.165, 1.54) is 27.3 Å². The molecule has 0 aliphatic rings. The van der Waals surface area contributed by atoms with Crippen molar-refractivity contribution >= 4 is 34.5 Å². The van der Waals surface area contributed by atoms with E-state index in [9.17, 15) is 0 Å². The zero-order valence-corrected chi connectivity index (χ0v) is 8.62. The number of hydrogen-bond donors (Lipinski definition) is 1. The zero-order chi connectivity index (χ0) is 10.3. The van der Waals surface area contributed by atoms with Gasteiger partial charge in [0.1, 0.15) is 0 Å². The minimum Gasteiger partial charge on any atom is -0.355 e. The molecule has 1 aromatic heterocycles. The fourth-order valence-electron chi connectivity index (χ4n) is 2.14. The van der Waals surface area contributed by atoms with E-state index in [4.69, 9.17) is 0 Å². The Hall–Kier alpha value is -1.70. The number of fused-ring (bicyclic) bond motifs is 3. The fraction of sp³-hybridized carbons (Fsp3) is 0.0769. The standard InChI is InChI=1S/C13H11BN/c1-14-11-7-4-6-10-9-5-2-3-8-12(9)15-13(10)11/h2-8,15H,1H3. The molecule has 71 valence electrons. The second kappa shape index (κ2) is 3.16. The van der Waals surface area contributed by atoms with Crippen LogP contribution in [0.4, 0.5) is 0 Å². The third-order valence-electron chi connectivity index (χ3n) is 2.88. The number of benzene rings is 2. The predicted molar refractivity (Wildman–Crippen MR) is 67.1 cm³/mol. The van der Waals surface area contributed by atoms with Gasteiger partial charge in [0.2, 0.25) is 0 Å². The van der Waals surface area contributed by atoms with Gasteiger partial charge in [-0.15, -0.1) is 0 Å². The molecule has 0 saturated heterocycles. The van der Waals surface area contributed by atoms with Gasteiger partial charge in [0.25, 0.3) is 0 Å². The van der Waals surface area contributed by atoms with Gasteiger partial charge in [-0.1, -0.05) is 48.7 Å². The quantitative estimate of drug-likeness (QED) is 0.570. The average Bonchev–Trinajstić information content (AvgIpc) is 2.67. The molecule has 0 unspecified atom stereocenters. The van der Waals surface area contributed by atoms with Crippen LogP contribution in [0.1, 0.15) is 0 Å². The summed E-state index contributed by atoms with van der Waals surface area (Å²) in [6, 6.07) is 14.8. The molecule has 0 spiro atoms. The van der Waals surface area contributed by atoms with Crippen LogP contribution in [0.25, 0.3) is 21.8 Å². The summed E-state index contributed by atoms with van der Waals surface area (Å²) in [4.78, 5) is 3.47. The van der Waals surface area contributed by atoms with E-state index in [0.29, 0.717) is 0 Å². The summed E-state index contributed by atoms with van der Waals surface area (Å²) >= 11 is 0. The van der Waals surface area contributed by atoms with Gasteiger partial charge >= 0.3 is 0 Å². The molecule has 1 radical (unpaired) electrons. The fourth-order valence-corrected chi connectivity index (χ4v) is 2.14. The molecule has 0 fully saturated rings. The lowest BCUT2D eigenvalue weighted by Crippen LogP contribution is -2.10. The molecule has 2 aromatic carbocycles. The number of para-hydroxylation sites is 2. The Morgan fingerprint density at radius 3 is 2.60 bits per heavy atom. The molecule has 0 bridgehead atoms. The summed E-state index contributed by atoms with van der Waals surface area (Å²) in [5.41, 5.74) is 3.71. The normalized spacial score (nSPS) is 11.0. The molecular formula is C13H11BN. The molecule has 0 aliphatic carbocycles. The van der Waals surface area contributed by atoms with Crippen LogP contribution < -0.4 is 5.46 Å². The van der Waals surface area contributed by atoms with Gasteiger partial charge in [0.05, 0.1) is 0 Å². The Balaban J connectivity index is 2.53. The van der Waals surface area contributed by atoms with Crippen molar-refractivity contribution in [2.75, 3.05) is 0 Å². The molecule has 3 aromatic rings. The number of H-pyrrole nitrogens is 1. The van der Waals surface area contributed by atoms with Crippen molar-refractivity contribution in [3.63, 3.8) is 0 Å². The third kappa shape index (κ3) is 1.18. The maximum atomic E-state index is 3.47. The lowest BCUT2D eigenvalue weighted by molar-refractivity contribution is 1.56. The molecule has 1 N–H and O–H groups in total. The molecular weight excluding hydrogens is 181 g/mol. The molecule has 0 atom stereocenters. The Morgan fingerprint density at radius 2 is 1.73 bits per heavy atom. The van der Waals surface area contributed by atoms with E-state index < -0.39 is 0 Å². The van der Waals surface area contributed by atoms with Gasteiger partial charge in [0, 0.05) is 21.8 Å². The molecule has 1 heterocycles. The smallest absolute Gasteiger partial charge is 0.151 e. The molecule has 2 heteroatoms. The number of aromatic nitrogens is 1. The van der Waals surface area contributed by atoms with Crippen molar-refractivity contribution in [2.45, 2.75) is 6.82 Å². The summed E-state index contributed by atoms with van der Waals surface area (Å²) in [5, 5.41) is 2.61. The molecule has 0 aliphatic heterocycles. The highest BCUT2D eigenvalue weighted by atomic mass is 14.7. The first kappa shape index (κ1) is 8.60. The Kier molecular flexibility index (Phi) is 1.81. The first-order valence-corrected chi connectivity index (χ1v) is 5.19. The first-order chi connectivity index (χ1) is 7.40. The van der Waals surface area contributed by atoms with Gasteiger partial charge in [-0.05, 0) is 6.07 Å². The van der Waals surface area contributed by atoms with E-state index in [0.717, 1.165) is 0 Å². The van der Waals surface area contributed by atoms with Crippen molar-refractivity contribution in [3.8, 4) is 0 Å². The van der Waals surface area contributed by atoms with E-state index >= 15 is 0 Å². The van der Waals surface area contributed by atoms with Gasteiger partial charge in [-0.3, -0.25) is 0 Å². The lowest BCUT2D eigenvalue weighted by atomic mass is 9.72. The van der Waals surface area contributed by atoms with Crippen LogP contribution in [-0.2, 0) is 0 Å². The van der Waals surface area contributed by atoms with Gasteiger partial charge < -0.3 is 4.98 Å². The highest BCUT2D eigenvalue weighted by Gasteiger charge is 2.05. The molecule has 0 amide bonds. The molecule has 3 rings (SSSR count). The van der Waals surface area contributed by atoms with Crippen molar-refractivity contribution in [1.29, 1.82) is 0 Å². The largest absolute Gasteiger partial charge is 0.355 e. The summed E-state index contributed by atoms with van der Waals surface area (Å²) in [6.07, 6.45) is 0. The topological polar surface area (TPSA) is 15.8 Å². The van der Waals surface area contributed by atoms with E-state index in [1.54, 1.807) is 0 Å². The molecule has 0 saturated carbocycles. The van der Waals surface area contributed by atoms with Crippen LogP contribution >= 0.6 is 0 Å². The number of aromatic amines is 1. The van der Waals surface area contributed by atoms with Crippen molar-refractivity contribution in [3.05, 3.63) is 42.5 Å². The summed E-state index contributed by atoms with van der Waals surface area (Å²) in [6.45, 7) is 2.07.